The number of hydrogen-bond acceptors (Lipinski definition) is 4. The fourth-order valence-electron chi connectivity index (χ4n) is 2.82. The SMILES string of the molecule is O=C(O)c1cccc(Nc2nc(-c3ccc(Br)cc3)c3ccccc3n2)c1. The average molecular weight is 420 g/mol. The third-order valence-corrected chi connectivity index (χ3v) is 4.62. The van der Waals surface area contributed by atoms with Crippen molar-refractivity contribution < 1.29 is 9.90 Å². The van der Waals surface area contributed by atoms with E-state index in [1.54, 1.807) is 24.3 Å². The predicted molar refractivity (Wildman–Crippen MR) is 109 cm³/mol. The molecule has 0 saturated carbocycles. The number of fused-ring (bicyclic) bond motifs is 1. The lowest BCUT2D eigenvalue weighted by Gasteiger charge is -2.11. The molecule has 0 radical (unpaired) electrons. The molecule has 1 aromatic heterocycles. The molecular weight excluding hydrogens is 406 g/mol. The second-order valence-electron chi connectivity index (χ2n) is 5.93. The van der Waals surface area contributed by atoms with Gasteiger partial charge in [0.05, 0.1) is 16.8 Å². The standard InChI is InChI=1S/C21H14BrN3O2/c22-15-10-8-13(9-11-15)19-17-6-1-2-7-18(17)24-21(25-19)23-16-5-3-4-14(12-16)20(26)27/h1-12H,(H,26,27)(H,23,24,25). The number of nitrogens with zero attached hydrogens (tertiary/aromatic N) is 2. The van der Waals surface area contributed by atoms with Crippen molar-refractivity contribution in [1.82, 2.24) is 9.97 Å². The third kappa shape index (κ3) is 3.66. The van der Waals surface area contributed by atoms with Crippen molar-refractivity contribution >= 4 is 44.4 Å². The molecule has 1 heterocycles. The Bertz CT molecular complexity index is 1140. The van der Waals surface area contributed by atoms with E-state index in [1.807, 2.05) is 48.5 Å². The molecule has 6 heteroatoms. The van der Waals surface area contributed by atoms with Gasteiger partial charge < -0.3 is 10.4 Å². The van der Waals surface area contributed by atoms with Crippen molar-refractivity contribution in [2.24, 2.45) is 0 Å². The van der Waals surface area contributed by atoms with Crippen LogP contribution in [0.15, 0.2) is 77.3 Å². The molecule has 0 fully saturated rings. The molecule has 4 aromatic rings. The number of para-hydroxylation sites is 1. The first-order valence-corrected chi connectivity index (χ1v) is 9.02. The van der Waals surface area contributed by atoms with Gasteiger partial charge in [-0.15, -0.1) is 0 Å². The number of benzene rings is 3. The third-order valence-electron chi connectivity index (χ3n) is 4.09. The van der Waals surface area contributed by atoms with Crippen molar-refractivity contribution in [2.75, 3.05) is 5.32 Å². The maximum atomic E-state index is 11.2. The Morgan fingerprint density at radius 1 is 0.926 bits per heavy atom. The Labute approximate surface area is 163 Å². The fraction of sp³-hybridized carbons (Fsp3) is 0. The van der Waals surface area contributed by atoms with Gasteiger partial charge in [0.25, 0.3) is 0 Å². The number of nitrogens with one attached hydrogen (secondary N) is 1. The van der Waals surface area contributed by atoms with Gasteiger partial charge >= 0.3 is 5.97 Å². The Hall–Kier alpha value is -3.25. The van der Waals surface area contributed by atoms with Gasteiger partial charge in [-0.2, -0.15) is 0 Å². The van der Waals surface area contributed by atoms with E-state index in [4.69, 9.17) is 5.11 Å². The first kappa shape index (κ1) is 17.2. The number of carbonyl (C=O) groups is 1. The summed E-state index contributed by atoms with van der Waals surface area (Å²) in [7, 11) is 0. The summed E-state index contributed by atoms with van der Waals surface area (Å²) in [6.45, 7) is 0. The van der Waals surface area contributed by atoms with Gasteiger partial charge in [0.15, 0.2) is 0 Å². The first-order chi connectivity index (χ1) is 13.1. The minimum absolute atomic E-state index is 0.203. The zero-order chi connectivity index (χ0) is 18.8. The summed E-state index contributed by atoms with van der Waals surface area (Å²) in [6.07, 6.45) is 0. The van der Waals surface area contributed by atoms with Crippen LogP contribution in [0.1, 0.15) is 10.4 Å². The molecule has 0 bridgehead atoms. The molecule has 0 saturated heterocycles. The van der Waals surface area contributed by atoms with Crippen LogP contribution in [0.5, 0.6) is 0 Å². The molecule has 27 heavy (non-hydrogen) atoms. The quantitative estimate of drug-likeness (QED) is 0.456. The summed E-state index contributed by atoms with van der Waals surface area (Å²) in [5.41, 5.74) is 3.41. The summed E-state index contributed by atoms with van der Waals surface area (Å²) < 4.78 is 0.994. The van der Waals surface area contributed by atoms with E-state index in [2.05, 4.69) is 31.2 Å². The minimum atomic E-state index is -0.978. The molecular formula is C21H14BrN3O2. The Balaban J connectivity index is 1.81. The number of carboxylic acid groups (broad SMARTS) is 1. The molecule has 132 valence electrons. The lowest BCUT2D eigenvalue weighted by Crippen LogP contribution is -2.02. The van der Waals surface area contributed by atoms with E-state index in [-0.39, 0.29) is 5.56 Å². The van der Waals surface area contributed by atoms with Crippen molar-refractivity contribution in [3.8, 4) is 11.3 Å². The lowest BCUT2D eigenvalue weighted by molar-refractivity contribution is 0.0697. The van der Waals surface area contributed by atoms with E-state index < -0.39 is 5.97 Å². The van der Waals surface area contributed by atoms with Gasteiger partial charge in [0, 0.05) is 21.1 Å². The van der Waals surface area contributed by atoms with Crippen molar-refractivity contribution in [2.45, 2.75) is 0 Å². The fourth-order valence-corrected chi connectivity index (χ4v) is 3.08. The average Bonchev–Trinajstić information content (AvgIpc) is 2.68. The number of rotatable bonds is 4. The normalized spacial score (nSPS) is 10.7. The highest BCUT2D eigenvalue weighted by Gasteiger charge is 2.11. The first-order valence-electron chi connectivity index (χ1n) is 8.23. The molecule has 5 nitrogen and oxygen atoms in total. The monoisotopic (exact) mass is 419 g/mol. The van der Waals surface area contributed by atoms with Crippen molar-refractivity contribution in [3.63, 3.8) is 0 Å². The zero-order valence-corrected chi connectivity index (χ0v) is 15.6. The maximum absolute atomic E-state index is 11.2. The van der Waals surface area contributed by atoms with Gasteiger partial charge in [-0.25, -0.2) is 14.8 Å². The molecule has 0 amide bonds. The van der Waals surface area contributed by atoms with Gasteiger partial charge in [0.1, 0.15) is 0 Å². The lowest BCUT2D eigenvalue weighted by atomic mass is 10.1. The Morgan fingerprint density at radius 2 is 1.70 bits per heavy atom. The van der Waals surface area contributed by atoms with Gasteiger partial charge in [-0.05, 0) is 36.4 Å². The number of carboxylic acids is 1. The minimum Gasteiger partial charge on any atom is -0.478 e. The van der Waals surface area contributed by atoms with Gasteiger partial charge in [0.2, 0.25) is 5.95 Å². The van der Waals surface area contributed by atoms with Crippen LogP contribution in [-0.2, 0) is 0 Å². The Kier molecular flexibility index (Phi) is 4.56. The van der Waals surface area contributed by atoms with E-state index in [0.29, 0.717) is 11.6 Å². The second-order valence-corrected chi connectivity index (χ2v) is 6.85. The molecule has 0 aliphatic rings. The van der Waals surface area contributed by atoms with Crippen LogP contribution in [0.3, 0.4) is 0 Å². The predicted octanol–water partition coefficient (Wildman–Crippen LogP) is 5.50. The van der Waals surface area contributed by atoms with Crippen LogP contribution in [-0.4, -0.2) is 21.0 Å². The molecule has 0 atom stereocenters. The summed E-state index contributed by atoms with van der Waals surface area (Å²) in [6, 6.07) is 22.3. The molecule has 0 unspecified atom stereocenters. The van der Waals surface area contributed by atoms with Crippen molar-refractivity contribution in [3.05, 3.63) is 82.8 Å². The summed E-state index contributed by atoms with van der Waals surface area (Å²) >= 11 is 3.45. The van der Waals surface area contributed by atoms with E-state index in [0.717, 1.165) is 26.6 Å². The largest absolute Gasteiger partial charge is 0.478 e. The number of halogens is 1. The van der Waals surface area contributed by atoms with E-state index >= 15 is 0 Å². The molecule has 0 aliphatic carbocycles. The highest BCUT2D eigenvalue weighted by Crippen LogP contribution is 2.29. The molecule has 0 aliphatic heterocycles. The summed E-state index contributed by atoms with van der Waals surface area (Å²) in [5, 5.41) is 13.2. The second kappa shape index (κ2) is 7.17. The van der Waals surface area contributed by atoms with Crippen LogP contribution in [0.4, 0.5) is 11.6 Å². The molecule has 0 spiro atoms. The number of anilines is 2. The van der Waals surface area contributed by atoms with Crippen LogP contribution >= 0.6 is 15.9 Å². The van der Waals surface area contributed by atoms with Crippen LogP contribution in [0.2, 0.25) is 0 Å². The number of aromatic nitrogens is 2. The highest BCUT2D eigenvalue weighted by atomic mass is 79.9. The summed E-state index contributed by atoms with van der Waals surface area (Å²) in [5.74, 6) is -0.567. The number of aromatic carboxylic acids is 1. The zero-order valence-electron chi connectivity index (χ0n) is 14.1. The van der Waals surface area contributed by atoms with E-state index in [1.165, 1.54) is 0 Å². The molecule has 2 N–H and O–H groups in total. The van der Waals surface area contributed by atoms with Gasteiger partial charge in [-0.3, -0.25) is 0 Å². The van der Waals surface area contributed by atoms with Crippen LogP contribution < -0.4 is 5.32 Å². The topological polar surface area (TPSA) is 75.1 Å². The number of hydrogen-bond donors (Lipinski definition) is 2. The molecule has 4 rings (SSSR count). The van der Waals surface area contributed by atoms with Crippen LogP contribution in [0.25, 0.3) is 22.2 Å². The van der Waals surface area contributed by atoms with Gasteiger partial charge in [-0.1, -0.05) is 52.3 Å². The van der Waals surface area contributed by atoms with Crippen LogP contribution in [0, 0.1) is 0 Å². The smallest absolute Gasteiger partial charge is 0.335 e. The van der Waals surface area contributed by atoms with E-state index in [9.17, 15) is 4.79 Å². The Morgan fingerprint density at radius 3 is 2.48 bits per heavy atom. The highest BCUT2D eigenvalue weighted by molar-refractivity contribution is 9.10. The molecule has 3 aromatic carbocycles. The summed E-state index contributed by atoms with van der Waals surface area (Å²) in [4.78, 5) is 20.4. The maximum Gasteiger partial charge on any atom is 0.335 e. The van der Waals surface area contributed by atoms with Crippen molar-refractivity contribution in [1.29, 1.82) is 0 Å².